The highest BCUT2D eigenvalue weighted by atomic mass is 16.5. The maximum atomic E-state index is 12.5. The minimum Gasteiger partial charge on any atom is -0.494 e. The fourth-order valence-corrected chi connectivity index (χ4v) is 3.87. The molecule has 2 aromatic rings. The molecule has 0 atom stereocenters. The second-order valence-electron chi connectivity index (χ2n) is 7.89. The zero-order chi connectivity index (χ0) is 21.5. The van der Waals surface area contributed by atoms with Gasteiger partial charge in [-0.1, -0.05) is 12.1 Å². The van der Waals surface area contributed by atoms with E-state index in [4.69, 9.17) is 14.2 Å². The zero-order valence-electron chi connectivity index (χ0n) is 18.1. The lowest BCUT2D eigenvalue weighted by molar-refractivity contribution is -0.117. The minimum atomic E-state index is -0.00514. The number of hydrogen-bond acceptors (Lipinski definition) is 6. The van der Waals surface area contributed by atoms with E-state index in [1.807, 2.05) is 37.3 Å². The Hall–Kier alpha value is -2.77. The third kappa shape index (κ3) is 6.12. The van der Waals surface area contributed by atoms with Crippen LogP contribution in [0, 0.1) is 0 Å². The number of amides is 1. The van der Waals surface area contributed by atoms with Crippen LogP contribution >= 0.6 is 0 Å². The molecule has 0 aliphatic carbocycles. The van der Waals surface area contributed by atoms with Crippen molar-refractivity contribution in [3.05, 3.63) is 48.0 Å². The molecule has 2 aliphatic heterocycles. The summed E-state index contributed by atoms with van der Waals surface area (Å²) >= 11 is 0. The number of carbonyl (C=O) groups is 1. The number of carbonyl (C=O) groups excluding carboxylic acids is 1. The Morgan fingerprint density at radius 2 is 1.68 bits per heavy atom. The monoisotopic (exact) mass is 425 g/mol. The summed E-state index contributed by atoms with van der Waals surface area (Å²) in [7, 11) is 0. The standard InChI is InChI=1S/C24H31N3O4/c1-2-29-21-7-4-19(5-8-21)17-26-10-12-27(13-11-26)18-24(28)25-20-6-9-22-23(16-20)31-15-3-14-30-22/h4-9,16H,2-3,10-15,17-18H2,1H3,(H,25,28). The van der Waals surface area contributed by atoms with Crippen molar-refractivity contribution in [1.82, 2.24) is 9.80 Å². The molecule has 0 unspecified atom stereocenters. The molecule has 0 spiro atoms. The van der Waals surface area contributed by atoms with Gasteiger partial charge in [0.15, 0.2) is 11.5 Å². The number of ether oxygens (including phenoxy) is 3. The smallest absolute Gasteiger partial charge is 0.238 e. The van der Waals surface area contributed by atoms with Crippen LogP contribution in [-0.2, 0) is 11.3 Å². The van der Waals surface area contributed by atoms with E-state index < -0.39 is 0 Å². The number of nitrogens with zero attached hydrogens (tertiary/aromatic N) is 2. The molecule has 2 aliphatic rings. The molecule has 2 heterocycles. The van der Waals surface area contributed by atoms with Crippen molar-refractivity contribution in [3.63, 3.8) is 0 Å². The molecule has 0 saturated carbocycles. The first-order valence-corrected chi connectivity index (χ1v) is 11.1. The van der Waals surface area contributed by atoms with E-state index in [2.05, 4.69) is 27.2 Å². The molecule has 1 saturated heterocycles. The van der Waals surface area contributed by atoms with Gasteiger partial charge in [0, 0.05) is 50.9 Å². The molecule has 0 aromatic heterocycles. The summed E-state index contributed by atoms with van der Waals surface area (Å²) in [5.41, 5.74) is 2.02. The van der Waals surface area contributed by atoms with Crippen molar-refractivity contribution < 1.29 is 19.0 Å². The van der Waals surface area contributed by atoms with Gasteiger partial charge < -0.3 is 19.5 Å². The van der Waals surface area contributed by atoms with E-state index in [1.165, 1.54) is 5.56 Å². The van der Waals surface area contributed by atoms with Gasteiger partial charge in [0.2, 0.25) is 5.91 Å². The van der Waals surface area contributed by atoms with Gasteiger partial charge in [-0.05, 0) is 36.8 Å². The van der Waals surface area contributed by atoms with Crippen LogP contribution in [0.1, 0.15) is 18.9 Å². The summed E-state index contributed by atoms with van der Waals surface area (Å²) in [5, 5.41) is 2.98. The molecule has 0 bridgehead atoms. The first-order valence-electron chi connectivity index (χ1n) is 11.1. The van der Waals surface area contributed by atoms with Crippen molar-refractivity contribution in [2.45, 2.75) is 19.9 Å². The maximum absolute atomic E-state index is 12.5. The largest absolute Gasteiger partial charge is 0.494 e. The summed E-state index contributed by atoms with van der Waals surface area (Å²) in [4.78, 5) is 17.2. The molecule has 4 rings (SSSR count). The van der Waals surface area contributed by atoms with Crippen molar-refractivity contribution in [2.24, 2.45) is 0 Å². The van der Waals surface area contributed by atoms with Crippen molar-refractivity contribution in [1.29, 1.82) is 0 Å². The number of piperazine rings is 1. The normalized spacial score (nSPS) is 17.1. The van der Waals surface area contributed by atoms with Gasteiger partial charge in [0.05, 0.1) is 26.4 Å². The quantitative estimate of drug-likeness (QED) is 0.736. The fraction of sp³-hybridized carbons (Fsp3) is 0.458. The highest BCUT2D eigenvalue weighted by Gasteiger charge is 2.19. The van der Waals surface area contributed by atoms with Crippen LogP contribution in [0.4, 0.5) is 5.69 Å². The topological polar surface area (TPSA) is 63.3 Å². The molecular formula is C24H31N3O4. The van der Waals surface area contributed by atoms with Gasteiger partial charge in [-0.15, -0.1) is 0 Å². The fourth-order valence-electron chi connectivity index (χ4n) is 3.87. The predicted octanol–water partition coefficient (Wildman–Crippen LogP) is 3.00. The molecule has 31 heavy (non-hydrogen) atoms. The molecule has 7 nitrogen and oxygen atoms in total. The lowest BCUT2D eigenvalue weighted by atomic mass is 10.2. The Bertz CT molecular complexity index is 864. The Labute approximate surface area is 183 Å². The summed E-state index contributed by atoms with van der Waals surface area (Å²) in [5.74, 6) is 2.34. The van der Waals surface area contributed by atoms with E-state index in [1.54, 1.807) is 0 Å². The third-order valence-corrected chi connectivity index (χ3v) is 5.50. The maximum Gasteiger partial charge on any atom is 0.238 e. The van der Waals surface area contributed by atoms with Crippen molar-refractivity contribution >= 4 is 11.6 Å². The summed E-state index contributed by atoms with van der Waals surface area (Å²) in [6.07, 6.45) is 0.862. The first-order chi connectivity index (χ1) is 15.2. The Balaban J connectivity index is 1.21. The van der Waals surface area contributed by atoms with Crippen LogP contribution in [0.15, 0.2) is 42.5 Å². The highest BCUT2D eigenvalue weighted by molar-refractivity contribution is 5.92. The van der Waals surface area contributed by atoms with Crippen molar-refractivity contribution in [2.75, 3.05) is 57.9 Å². The number of anilines is 1. The van der Waals surface area contributed by atoms with E-state index in [0.29, 0.717) is 32.1 Å². The van der Waals surface area contributed by atoms with E-state index >= 15 is 0 Å². The van der Waals surface area contributed by atoms with Crippen LogP contribution in [0.3, 0.4) is 0 Å². The molecule has 1 amide bonds. The summed E-state index contributed by atoms with van der Waals surface area (Å²) in [6, 6.07) is 13.9. The molecule has 1 N–H and O–H groups in total. The van der Waals surface area contributed by atoms with Gasteiger partial charge in [-0.2, -0.15) is 0 Å². The molecule has 7 heteroatoms. The Morgan fingerprint density at radius 3 is 2.42 bits per heavy atom. The number of hydrogen-bond donors (Lipinski definition) is 1. The SMILES string of the molecule is CCOc1ccc(CN2CCN(CC(=O)Nc3ccc4c(c3)OCCCO4)CC2)cc1. The van der Waals surface area contributed by atoms with Crippen LogP contribution in [0.25, 0.3) is 0 Å². The lowest BCUT2D eigenvalue weighted by Crippen LogP contribution is -2.48. The van der Waals surface area contributed by atoms with Crippen LogP contribution in [0.5, 0.6) is 17.2 Å². The summed E-state index contributed by atoms with van der Waals surface area (Å²) in [6.45, 7) is 8.93. The van der Waals surface area contributed by atoms with E-state index in [0.717, 1.165) is 56.3 Å². The van der Waals surface area contributed by atoms with E-state index in [9.17, 15) is 4.79 Å². The predicted molar refractivity (Wildman–Crippen MR) is 120 cm³/mol. The van der Waals surface area contributed by atoms with Gasteiger partial charge >= 0.3 is 0 Å². The van der Waals surface area contributed by atoms with Crippen molar-refractivity contribution in [3.8, 4) is 17.2 Å². The highest BCUT2D eigenvalue weighted by Crippen LogP contribution is 2.32. The molecule has 1 fully saturated rings. The van der Waals surface area contributed by atoms with Crippen LogP contribution in [0.2, 0.25) is 0 Å². The minimum absolute atomic E-state index is 0.00514. The Kier molecular flexibility index (Phi) is 7.27. The third-order valence-electron chi connectivity index (χ3n) is 5.50. The number of nitrogens with one attached hydrogen (secondary N) is 1. The van der Waals surface area contributed by atoms with Crippen LogP contribution < -0.4 is 19.5 Å². The van der Waals surface area contributed by atoms with Gasteiger partial charge in [0.1, 0.15) is 5.75 Å². The number of rotatable bonds is 7. The molecule has 2 aromatic carbocycles. The van der Waals surface area contributed by atoms with Gasteiger partial charge in [-0.3, -0.25) is 14.6 Å². The summed E-state index contributed by atoms with van der Waals surface area (Å²) < 4.78 is 16.8. The molecule has 166 valence electrons. The molecular weight excluding hydrogens is 394 g/mol. The average Bonchev–Trinajstić information content (AvgIpc) is 3.02. The number of fused-ring (bicyclic) bond motifs is 1. The van der Waals surface area contributed by atoms with Gasteiger partial charge in [0.25, 0.3) is 0 Å². The number of benzene rings is 2. The average molecular weight is 426 g/mol. The van der Waals surface area contributed by atoms with Crippen LogP contribution in [-0.4, -0.2) is 68.3 Å². The first kappa shape index (κ1) is 21.5. The lowest BCUT2D eigenvalue weighted by Gasteiger charge is -2.34. The molecule has 0 radical (unpaired) electrons. The van der Waals surface area contributed by atoms with E-state index in [-0.39, 0.29) is 5.91 Å². The Morgan fingerprint density at radius 1 is 0.968 bits per heavy atom. The second kappa shape index (κ2) is 10.5. The van der Waals surface area contributed by atoms with Gasteiger partial charge in [-0.25, -0.2) is 0 Å². The second-order valence-corrected chi connectivity index (χ2v) is 7.89. The zero-order valence-corrected chi connectivity index (χ0v) is 18.1.